The zero-order valence-electron chi connectivity index (χ0n) is 19.6. The first-order valence-electron chi connectivity index (χ1n) is 11.2. The second kappa shape index (κ2) is 12.0. The van der Waals surface area contributed by atoms with Gasteiger partial charge in [-0.15, -0.1) is 11.3 Å². The lowest BCUT2D eigenvalue weighted by Gasteiger charge is -2.25. The van der Waals surface area contributed by atoms with Crippen LogP contribution in [0.3, 0.4) is 0 Å². The highest BCUT2D eigenvalue weighted by Gasteiger charge is 2.25. The van der Waals surface area contributed by atoms with Crippen LogP contribution in [0.15, 0.2) is 69.3 Å². The van der Waals surface area contributed by atoms with Gasteiger partial charge in [0.05, 0.1) is 24.5 Å². The topological polar surface area (TPSA) is 76.2 Å². The summed E-state index contributed by atoms with van der Waals surface area (Å²) in [6, 6.07) is 15.1. The van der Waals surface area contributed by atoms with E-state index in [0.29, 0.717) is 10.2 Å². The Morgan fingerprint density at radius 3 is 2.67 bits per heavy atom. The van der Waals surface area contributed by atoms with Crippen molar-refractivity contribution in [3.8, 4) is 11.8 Å². The molecule has 0 amide bonds. The number of carbonyl (C=O) groups is 1. The number of rotatable bonds is 7. The molecule has 3 aromatic rings. The lowest BCUT2D eigenvalue weighted by molar-refractivity contribution is 0.0346. The molecule has 7 nitrogen and oxygen atoms in total. The molecule has 0 N–H and O–H groups in total. The van der Waals surface area contributed by atoms with Crippen LogP contribution in [0.1, 0.15) is 20.8 Å². The van der Waals surface area contributed by atoms with Gasteiger partial charge in [-0.2, -0.15) is 0 Å². The number of esters is 1. The van der Waals surface area contributed by atoms with Crippen molar-refractivity contribution in [1.82, 2.24) is 4.90 Å². The van der Waals surface area contributed by atoms with Gasteiger partial charge in [-0.1, -0.05) is 30.0 Å². The highest BCUT2D eigenvalue weighted by Crippen LogP contribution is 2.29. The third kappa shape index (κ3) is 6.55. The number of carbonyl (C=O) groups excluding carboxylic acids is 1. The van der Waals surface area contributed by atoms with Crippen LogP contribution in [0, 0.1) is 11.8 Å². The maximum absolute atomic E-state index is 13.2. The second-order valence-electron chi connectivity index (χ2n) is 8.02. The van der Waals surface area contributed by atoms with Crippen LogP contribution in [0.5, 0.6) is 0 Å². The van der Waals surface area contributed by atoms with Crippen LogP contribution in [-0.4, -0.2) is 59.2 Å². The molecular formula is C26H25BrN2O5S2. The van der Waals surface area contributed by atoms with Crippen molar-refractivity contribution < 1.29 is 22.7 Å². The maximum Gasteiger partial charge on any atom is 0.339 e. The summed E-state index contributed by atoms with van der Waals surface area (Å²) in [4.78, 5) is 16.1. The van der Waals surface area contributed by atoms with Crippen LogP contribution < -0.4 is 4.31 Å². The molecule has 1 aliphatic heterocycles. The quantitative estimate of drug-likeness (QED) is 0.301. The van der Waals surface area contributed by atoms with Crippen molar-refractivity contribution in [3.63, 3.8) is 0 Å². The average molecular weight is 590 g/mol. The van der Waals surface area contributed by atoms with E-state index in [1.54, 1.807) is 35.6 Å². The number of ether oxygens (including phenoxy) is 2. The molecule has 1 fully saturated rings. The molecule has 0 unspecified atom stereocenters. The van der Waals surface area contributed by atoms with E-state index in [4.69, 9.17) is 9.47 Å². The normalized spacial score (nSPS) is 14.1. The molecule has 188 valence electrons. The Morgan fingerprint density at radius 1 is 1.17 bits per heavy atom. The monoisotopic (exact) mass is 588 g/mol. The first-order chi connectivity index (χ1) is 17.3. The van der Waals surface area contributed by atoms with E-state index >= 15 is 0 Å². The van der Waals surface area contributed by atoms with Gasteiger partial charge in [0, 0.05) is 47.0 Å². The molecule has 2 heterocycles. The summed E-state index contributed by atoms with van der Waals surface area (Å²) < 4.78 is 38.6. The fourth-order valence-electron chi connectivity index (χ4n) is 3.58. The Bertz CT molecular complexity index is 1370. The minimum Gasteiger partial charge on any atom is -0.449 e. The van der Waals surface area contributed by atoms with Crippen molar-refractivity contribution in [2.75, 3.05) is 44.3 Å². The van der Waals surface area contributed by atoms with E-state index in [1.807, 2.05) is 17.5 Å². The third-order valence-corrected chi connectivity index (χ3v) is 9.27. The van der Waals surface area contributed by atoms with Gasteiger partial charge in [-0.3, -0.25) is 9.21 Å². The predicted molar refractivity (Wildman–Crippen MR) is 144 cm³/mol. The number of halogens is 1. The molecule has 0 spiro atoms. The Balaban J connectivity index is 1.38. The molecule has 10 heteroatoms. The molecule has 1 aromatic heterocycles. The van der Waals surface area contributed by atoms with E-state index in [0.717, 1.165) is 38.4 Å². The molecule has 0 bridgehead atoms. The van der Waals surface area contributed by atoms with E-state index in [9.17, 15) is 13.2 Å². The van der Waals surface area contributed by atoms with Gasteiger partial charge in [-0.05, 0) is 52.3 Å². The zero-order chi connectivity index (χ0) is 25.5. The summed E-state index contributed by atoms with van der Waals surface area (Å²) in [7, 11) is -2.44. The predicted octanol–water partition coefficient (Wildman–Crippen LogP) is 4.38. The Morgan fingerprint density at radius 2 is 1.92 bits per heavy atom. The number of thiophene rings is 1. The lowest BCUT2D eigenvalue weighted by atomic mass is 10.2. The summed E-state index contributed by atoms with van der Waals surface area (Å²) in [6.07, 6.45) is 0. The number of hydrogen-bond donors (Lipinski definition) is 0. The van der Waals surface area contributed by atoms with Gasteiger partial charge in [-0.25, -0.2) is 13.2 Å². The fraction of sp³-hybridized carbons (Fsp3) is 0.269. The minimum atomic E-state index is -3.91. The van der Waals surface area contributed by atoms with Gasteiger partial charge in [0.1, 0.15) is 4.90 Å². The zero-order valence-corrected chi connectivity index (χ0v) is 22.9. The minimum absolute atomic E-state index is 0.0274. The van der Waals surface area contributed by atoms with Crippen LogP contribution in [0.4, 0.5) is 5.69 Å². The number of morpholine rings is 1. The first kappa shape index (κ1) is 26.4. The van der Waals surface area contributed by atoms with Crippen LogP contribution in [-0.2, 0) is 26.0 Å². The molecule has 0 radical (unpaired) electrons. The van der Waals surface area contributed by atoms with Crippen molar-refractivity contribution >= 4 is 48.9 Å². The summed E-state index contributed by atoms with van der Waals surface area (Å²) in [5.74, 6) is 5.23. The molecule has 0 atom stereocenters. The van der Waals surface area contributed by atoms with E-state index < -0.39 is 16.0 Å². The van der Waals surface area contributed by atoms with Gasteiger partial charge in [0.25, 0.3) is 10.0 Å². The summed E-state index contributed by atoms with van der Waals surface area (Å²) in [6.45, 7) is 4.15. The molecule has 4 rings (SSSR count). The maximum atomic E-state index is 13.2. The highest BCUT2D eigenvalue weighted by molar-refractivity contribution is 9.10. The smallest absolute Gasteiger partial charge is 0.339 e. The van der Waals surface area contributed by atoms with Crippen molar-refractivity contribution in [3.05, 3.63) is 80.5 Å². The number of nitrogens with zero attached hydrogens (tertiary/aromatic N) is 2. The first-order valence-corrected chi connectivity index (χ1v) is 14.3. The second-order valence-corrected chi connectivity index (χ2v) is 11.8. The lowest BCUT2D eigenvalue weighted by Crippen LogP contribution is -2.35. The van der Waals surface area contributed by atoms with E-state index in [2.05, 4.69) is 32.7 Å². The summed E-state index contributed by atoms with van der Waals surface area (Å²) in [5, 5.41) is 1.99. The van der Waals surface area contributed by atoms with Crippen molar-refractivity contribution in [2.24, 2.45) is 0 Å². The van der Waals surface area contributed by atoms with Gasteiger partial charge < -0.3 is 9.47 Å². The van der Waals surface area contributed by atoms with Gasteiger partial charge >= 0.3 is 5.97 Å². The summed E-state index contributed by atoms with van der Waals surface area (Å²) in [5.41, 5.74) is 1.51. The highest BCUT2D eigenvalue weighted by atomic mass is 79.9. The molecule has 36 heavy (non-hydrogen) atoms. The molecule has 1 aliphatic rings. The number of hydrogen-bond acceptors (Lipinski definition) is 7. The fourth-order valence-corrected chi connectivity index (χ4v) is 6.59. The van der Waals surface area contributed by atoms with E-state index in [1.165, 1.54) is 34.4 Å². The molecular weight excluding hydrogens is 564 g/mol. The third-order valence-electron chi connectivity index (χ3n) is 5.57. The summed E-state index contributed by atoms with van der Waals surface area (Å²) >= 11 is 4.94. The van der Waals surface area contributed by atoms with Gasteiger partial charge in [0.15, 0.2) is 6.61 Å². The Labute approximate surface area is 223 Å². The molecule has 0 saturated carbocycles. The Kier molecular flexibility index (Phi) is 8.82. The average Bonchev–Trinajstić information content (AvgIpc) is 3.34. The van der Waals surface area contributed by atoms with E-state index in [-0.39, 0.29) is 17.1 Å². The standard InChI is InChI=1S/C26H25BrN2O5S2/c1-28(22-7-3-2-4-8-22)36(31,32)25-17-21(9-10-24(25)27)26(30)34-13-5-6-20-16-23(35-19-20)18-29-11-14-33-15-12-29/h2-4,7-10,16-17,19H,11-15,18H2,1H3. The molecule has 0 aliphatic carbocycles. The van der Waals surface area contributed by atoms with Crippen molar-refractivity contribution in [2.45, 2.75) is 11.4 Å². The molecule has 1 saturated heterocycles. The number of anilines is 1. The van der Waals surface area contributed by atoms with Crippen LogP contribution in [0.25, 0.3) is 0 Å². The van der Waals surface area contributed by atoms with Gasteiger partial charge in [0.2, 0.25) is 0 Å². The largest absolute Gasteiger partial charge is 0.449 e. The number of para-hydroxylation sites is 1. The number of sulfonamides is 1. The van der Waals surface area contributed by atoms with Crippen LogP contribution in [0.2, 0.25) is 0 Å². The Hall–Kier alpha value is -2.68. The molecule has 2 aromatic carbocycles. The van der Waals surface area contributed by atoms with Crippen molar-refractivity contribution in [1.29, 1.82) is 0 Å². The number of benzene rings is 2. The van der Waals surface area contributed by atoms with Crippen LogP contribution >= 0.6 is 27.3 Å². The SMILES string of the molecule is CN(c1ccccc1)S(=O)(=O)c1cc(C(=O)OCC#Cc2csc(CN3CCOCC3)c2)ccc1Br.